The summed E-state index contributed by atoms with van der Waals surface area (Å²) < 4.78 is 4.88. The van der Waals surface area contributed by atoms with Gasteiger partial charge < -0.3 is 0 Å². The lowest BCUT2D eigenvalue weighted by Gasteiger charge is -2.30. The van der Waals surface area contributed by atoms with Crippen LogP contribution in [0.1, 0.15) is 28.8 Å². The fourth-order valence-electron chi connectivity index (χ4n) is 6.85. The minimum atomic E-state index is 0.0300. The number of hydrogen-bond acceptors (Lipinski definition) is 2. The van der Waals surface area contributed by atoms with Gasteiger partial charge in [0.15, 0.2) is 0 Å². The van der Waals surface area contributed by atoms with Crippen LogP contribution in [0.5, 0.6) is 0 Å². The summed E-state index contributed by atoms with van der Waals surface area (Å²) in [7, 11) is 0. The summed E-state index contributed by atoms with van der Waals surface area (Å²) in [6, 6.07) is 39.7. The molecule has 3 heterocycles. The summed E-state index contributed by atoms with van der Waals surface area (Å²) in [5.74, 6) is 1.55. The smallest absolute Gasteiger partial charge is 0.226 e. The normalized spacial score (nSPS) is 21.1. The zero-order valence-electron chi connectivity index (χ0n) is 21.7. The van der Waals surface area contributed by atoms with Gasteiger partial charge in [-0.25, -0.2) is 5.32 Å². The number of amidine groups is 1. The molecule has 190 valence electrons. The van der Waals surface area contributed by atoms with Gasteiger partial charge in [-0.3, -0.25) is 0 Å². The van der Waals surface area contributed by atoms with Crippen LogP contribution in [0.4, 0.5) is 0 Å². The second-order valence-electron chi connectivity index (χ2n) is 10.8. The largest absolute Gasteiger partial charge is 0.308 e. The first-order valence-corrected chi connectivity index (χ1v) is 14.8. The maximum absolute atomic E-state index is 3.79. The number of allylic oxidation sites excluding steroid dienone is 3. The van der Waals surface area contributed by atoms with Crippen molar-refractivity contribution in [1.29, 1.82) is 0 Å². The van der Waals surface area contributed by atoms with Gasteiger partial charge in [0.25, 0.3) is 6.17 Å². The fourth-order valence-corrected chi connectivity index (χ4v) is 8.20. The Kier molecular flexibility index (Phi) is 4.73. The molecule has 2 aliphatic heterocycles. The fraction of sp³-hybridized carbons (Fsp3) is 0.0833. The Bertz CT molecular complexity index is 2070. The Morgan fingerprint density at radius 1 is 0.650 bits per heavy atom. The van der Waals surface area contributed by atoms with Crippen LogP contribution in [-0.4, -0.2) is 20.4 Å². The molecule has 0 amide bonds. The van der Waals surface area contributed by atoms with Crippen molar-refractivity contribution >= 4 is 50.2 Å². The molecule has 1 N–H and O–H groups in total. The number of fused-ring (bicyclic) bond motifs is 9. The highest BCUT2D eigenvalue weighted by atomic mass is 32.2. The summed E-state index contributed by atoms with van der Waals surface area (Å²) >= 11 is 2.00. The van der Waals surface area contributed by atoms with Crippen molar-refractivity contribution in [3.8, 4) is 0 Å². The van der Waals surface area contributed by atoms with E-state index in [1.54, 1.807) is 0 Å². The summed E-state index contributed by atoms with van der Waals surface area (Å²) in [6.07, 6.45) is 9.17. The molecule has 4 heteroatoms. The maximum atomic E-state index is 3.79. The minimum absolute atomic E-state index is 0.0300. The molecule has 9 rings (SSSR count). The van der Waals surface area contributed by atoms with Gasteiger partial charge in [0.2, 0.25) is 0 Å². The lowest BCUT2D eigenvalue weighted by molar-refractivity contribution is -0.652. The number of hydrogen-bond donors (Lipinski definition) is 1. The number of aromatic nitrogens is 1. The maximum Gasteiger partial charge on any atom is 0.308 e. The number of nitrogens with zero attached hydrogens (tertiary/aromatic N) is 2. The van der Waals surface area contributed by atoms with Crippen LogP contribution in [0.15, 0.2) is 138 Å². The molecular weight excluding hydrogens is 506 g/mol. The average molecular weight is 533 g/mol. The number of nitrogens with one attached hydrogen (secondary N) is 1. The molecule has 0 saturated carbocycles. The Morgan fingerprint density at radius 3 is 2.27 bits per heavy atom. The van der Waals surface area contributed by atoms with Gasteiger partial charge in [0.05, 0.1) is 16.6 Å². The van der Waals surface area contributed by atoms with Gasteiger partial charge >= 0.3 is 5.84 Å². The molecule has 5 aromatic carbocycles. The molecule has 3 nitrogen and oxygen atoms in total. The van der Waals surface area contributed by atoms with Crippen molar-refractivity contribution in [3.05, 3.63) is 150 Å². The summed E-state index contributed by atoms with van der Waals surface area (Å²) in [5.41, 5.74) is 6.35. The molecule has 0 radical (unpaired) electrons. The van der Waals surface area contributed by atoms with E-state index in [1.807, 2.05) is 11.8 Å². The first-order chi connectivity index (χ1) is 19.9. The lowest BCUT2D eigenvalue weighted by Crippen LogP contribution is -2.55. The second kappa shape index (κ2) is 8.48. The van der Waals surface area contributed by atoms with Gasteiger partial charge in [-0.2, -0.15) is 4.68 Å². The highest BCUT2D eigenvalue weighted by Gasteiger charge is 2.42. The molecule has 0 saturated heterocycles. The van der Waals surface area contributed by atoms with E-state index in [9.17, 15) is 0 Å². The van der Waals surface area contributed by atoms with E-state index in [1.165, 1.54) is 54.2 Å². The molecule has 3 aliphatic rings. The van der Waals surface area contributed by atoms with Crippen molar-refractivity contribution in [3.63, 3.8) is 0 Å². The van der Waals surface area contributed by atoms with Crippen molar-refractivity contribution in [2.45, 2.75) is 22.2 Å². The van der Waals surface area contributed by atoms with Crippen LogP contribution in [0, 0.1) is 0 Å². The molecule has 6 aromatic rings. The van der Waals surface area contributed by atoms with Crippen LogP contribution >= 0.6 is 11.8 Å². The predicted molar refractivity (Wildman–Crippen MR) is 166 cm³/mol. The molecule has 1 aliphatic carbocycles. The van der Waals surface area contributed by atoms with Crippen LogP contribution in [0.2, 0.25) is 0 Å². The van der Waals surface area contributed by atoms with Gasteiger partial charge in [-0.05, 0) is 46.7 Å². The Morgan fingerprint density at radius 2 is 1.40 bits per heavy atom. The quantitative estimate of drug-likeness (QED) is 0.232. The highest BCUT2D eigenvalue weighted by molar-refractivity contribution is 8.00. The van der Waals surface area contributed by atoms with E-state index in [2.05, 4.69) is 148 Å². The van der Waals surface area contributed by atoms with E-state index in [0.29, 0.717) is 11.2 Å². The van der Waals surface area contributed by atoms with Crippen LogP contribution in [-0.2, 0) is 0 Å². The molecule has 0 fully saturated rings. The summed E-state index contributed by atoms with van der Waals surface area (Å²) in [5, 5.41) is 9.60. The Hall–Kier alpha value is -4.54. The molecule has 0 bridgehead atoms. The zero-order valence-corrected chi connectivity index (χ0v) is 22.6. The minimum Gasteiger partial charge on any atom is -0.226 e. The molecular formula is C36H26N3S+. The molecule has 3 atom stereocenters. The number of benzene rings is 5. The van der Waals surface area contributed by atoms with Gasteiger partial charge in [-0.15, -0.1) is 16.4 Å². The van der Waals surface area contributed by atoms with E-state index in [4.69, 9.17) is 0 Å². The van der Waals surface area contributed by atoms with E-state index < -0.39 is 0 Å². The van der Waals surface area contributed by atoms with Crippen molar-refractivity contribution in [2.24, 2.45) is 0 Å². The SMILES string of the molecule is C1=CC2Sc3ccc4c(ccc5c4c4ccccc4n5[N+]4=C(c5ccccc5)NC4c4ccccc4)c3C2C=C1. The van der Waals surface area contributed by atoms with Crippen LogP contribution in [0.3, 0.4) is 0 Å². The van der Waals surface area contributed by atoms with Crippen molar-refractivity contribution in [1.82, 2.24) is 9.99 Å². The third-order valence-electron chi connectivity index (χ3n) is 8.62. The van der Waals surface area contributed by atoms with E-state index in [0.717, 1.165) is 5.84 Å². The standard InChI is InChI=1S/C36H25N3S/c1-3-11-23(12-4-1)35-37-36(24-13-5-2-6-14-24)39(35)38-29-17-9-7-15-27(29)33-25-20-22-32-34(26(25)19-21-30(33)38)28-16-8-10-18-31(28)40-32/h1-22,28,31,35H/p+1. The van der Waals surface area contributed by atoms with Gasteiger partial charge in [-0.1, -0.05) is 103 Å². The Labute approximate surface area is 236 Å². The lowest BCUT2D eigenvalue weighted by atomic mass is 9.88. The Balaban J connectivity index is 1.36. The molecule has 1 aromatic heterocycles. The molecule has 40 heavy (non-hydrogen) atoms. The summed E-state index contributed by atoms with van der Waals surface area (Å²) in [4.78, 5) is 1.41. The van der Waals surface area contributed by atoms with Gasteiger partial charge in [0.1, 0.15) is 0 Å². The predicted octanol–water partition coefficient (Wildman–Crippen LogP) is 8.16. The van der Waals surface area contributed by atoms with Crippen LogP contribution in [0.25, 0.3) is 32.6 Å². The van der Waals surface area contributed by atoms with E-state index >= 15 is 0 Å². The zero-order chi connectivity index (χ0) is 26.2. The third-order valence-corrected chi connectivity index (χ3v) is 9.95. The monoisotopic (exact) mass is 532 g/mol. The number of para-hydroxylation sites is 1. The van der Waals surface area contributed by atoms with Crippen molar-refractivity contribution < 1.29 is 4.68 Å². The summed E-state index contributed by atoms with van der Waals surface area (Å²) in [6.45, 7) is 0. The molecule has 3 unspecified atom stereocenters. The topological polar surface area (TPSA) is 20.0 Å². The third kappa shape index (κ3) is 3.05. The van der Waals surface area contributed by atoms with Crippen LogP contribution < -0.4 is 5.32 Å². The van der Waals surface area contributed by atoms with E-state index in [-0.39, 0.29) is 6.17 Å². The first kappa shape index (κ1) is 22.3. The molecule has 0 spiro atoms. The number of thioether (sulfide) groups is 1. The number of rotatable bonds is 3. The second-order valence-corrected chi connectivity index (χ2v) is 12.0. The van der Waals surface area contributed by atoms with Gasteiger partial charge in [0, 0.05) is 32.4 Å². The average Bonchev–Trinajstić information content (AvgIpc) is 3.54. The highest BCUT2D eigenvalue weighted by Crippen LogP contribution is 2.51. The van der Waals surface area contributed by atoms with Crippen molar-refractivity contribution in [2.75, 3.05) is 0 Å². The first-order valence-electron chi connectivity index (χ1n) is 13.9.